The number of hydrogen-bond acceptors (Lipinski definition) is 4. The number of rotatable bonds is 8. The van der Waals surface area contributed by atoms with E-state index >= 15 is 0 Å². The molecule has 2 rings (SSSR count). The van der Waals surface area contributed by atoms with E-state index in [9.17, 15) is 36.2 Å². The summed E-state index contributed by atoms with van der Waals surface area (Å²) in [6.07, 6.45) is -12.0. The van der Waals surface area contributed by atoms with E-state index in [1.807, 2.05) is 0 Å². The second-order valence-corrected chi connectivity index (χ2v) is 9.05. The molecule has 1 unspecified atom stereocenters. The molecule has 0 fully saturated rings. The summed E-state index contributed by atoms with van der Waals surface area (Å²) in [4.78, 5) is 12.4. The summed E-state index contributed by atoms with van der Waals surface area (Å²) >= 11 is 0.967. The van der Waals surface area contributed by atoms with E-state index in [-0.39, 0.29) is 22.5 Å². The predicted molar refractivity (Wildman–Crippen MR) is 117 cm³/mol. The predicted octanol–water partition coefficient (Wildman–Crippen LogP) is 5.92. The maximum Gasteiger partial charge on any atom is 0.430 e. The molecule has 11 heteroatoms. The lowest BCUT2D eigenvalue weighted by molar-refractivity contribution is -0.376. The molecule has 34 heavy (non-hydrogen) atoms. The average molecular weight is 510 g/mol. The average Bonchev–Trinajstić information content (AvgIpc) is 2.75. The van der Waals surface area contributed by atoms with Crippen LogP contribution in [-0.2, 0) is 10.4 Å². The van der Waals surface area contributed by atoms with Crippen molar-refractivity contribution in [3.05, 3.63) is 59.2 Å². The lowest BCUT2D eigenvalue weighted by Crippen LogP contribution is -2.53. The lowest BCUT2D eigenvalue weighted by Gasteiger charge is -2.33. The molecular formula is C23H25F6NO3S. The maximum absolute atomic E-state index is 13.3. The minimum atomic E-state index is -5.98. The number of hydrogen-bond donors (Lipinski definition) is 2. The Labute approximate surface area is 197 Å². The summed E-state index contributed by atoms with van der Waals surface area (Å²) in [5.74, 6) is -0.00380. The van der Waals surface area contributed by atoms with Gasteiger partial charge in [-0.25, -0.2) is 0 Å². The van der Waals surface area contributed by atoms with E-state index in [0.717, 1.165) is 17.8 Å². The number of amides is 1. The minimum absolute atomic E-state index is 0.104. The second kappa shape index (κ2) is 10.5. The van der Waals surface area contributed by atoms with Crippen molar-refractivity contribution in [2.45, 2.75) is 49.7 Å². The number of carbonyl (C=O) groups is 1. The van der Waals surface area contributed by atoms with Crippen molar-refractivity contribution in [1.29, 1.82) is 0 Å². The van der Waals surface area contributed by atoms with E-state index in [2.05, 4.69) is 5.32 Å². The molecule has 0 saturated heterocycles. The van der Waals surface area contributed by atoms with Gasteiger partial charge in [0.2, 0.25) is 5.91 Å². The van der Waals surface area contributed by atoms with Gasteiger partial charge in [0.25, 0.3) is 5.60 Å². The van der Waals surface area contributed by atoms with Gasteiger partial charge in [-0.15, -0.1) is 11.8 Å². The number of aliphatic hydroxyl groups is 1. The van der Waals surface area contributed by atoms with Crippen molar-refractivity contribution in [2.24, 2.45) is 5.92 Å². The van der Waals surface area contributed by atoms with Crippen molar-refractivity contribution >= 4 is 17.7 Å². The number of nitrogens with one attached hydrogen (secondary N) is 1. The van der Waals surface area contributed by atoms with Crippen LogP contribution in [0.15, 0.2) is 47.4 Å². The molecule has 2 aromatic carbocycles. The molecule has 0 saturated carbocycles. The van der Waals surface area contributed by atoms with Gasteiger partial charge in [0.1, 0.15) is 5.75 Å². The largest absolute Gasteiger partial charge is 0.497 e. The van der Waals surface area contributed by atoms with Gasteiger partial charge in [0, 0.05) is 22.1 Å². The van der Waals surface area contributed by atoms with Gasteiger partial charge in [-0.3, -0.25) is 4.79 Å². The summed E-state index contributed by atoms with van der Waals surface area (Å²) in [6.45, 7) is 4.90. The van der Waals surface area contributed by atoms with Crippen molar-refractivity contribution < 1.29 is 41.0 Å². The quantitative estimate of drug-likeness (QED) is 0.343. The molecule has 0 bridgehead atoms. The highest BCUT2D eigenvalue weighted by molar-refractivity contribution is 7.99. The Morgan fingerprint density at radius 2 is 1.68 bits per heavy atom. The molecule has 188 valence electrons. The first-order chi connectivity index (χ1) is 15.6. The fourth-order valence-electron chi connectivity index (χ4n) is 3.06. The summed E-state index contributed by atoms with van der Waals surface area (Å²) in [6, 6.07) is 8.58. The van der Waals surface area contributed by atoms with Gasteiger partial charge in [0.15, 0.2) is 0 Å². The zero-order chi connectivity index (χ0) is 25.9. The minimum Gasteiger partial charge on any atom is -0.497 e. The number of halogens is 6. The van der Waals surface area contributed by atoms with E-state index < -0.39 is 29.6 Å². The molecule has 1 atom stereocenters. The summed E-state index contributed by atoms with van der Waals surface area (Å²) < 4.78 is 85.0. The third kappa shape index (κ3) is 5.99. The highest BCUT2D eigenvalue weighted by Gasteiger charge is 2.71. The molecule has 1 amide bonds. The maximum atomic E-state index is 13.3. The monoisotopic (exact) mass is 509 g/mol. The molecule has 0 aliphatic heterocycles. The molecule has 2 N–H and O–H groups in total. The van der Waals surface area contributed by atoms with E-state index in [4.69, 9.17) is 4.74 Å². The summed E-state index contributed by atoms with van der Waals surface area (Å²) in [7, 11) is 1.47. The zero-order valence-electron chi connectivity index (χ0n) is 18.8. The zero-order valence-corrected chi connectivity index (χ0v) is 19.7. The third-order valence-electron chi connectivity index (χ3n) is 5.17. The lowest BCUT2D eigenvalue weighted by atomic mass is 9.91. The molecular weight excluding hydrogens is 484 g/mol. The molecule has 0 heterocycles. The van der Waals surface area contributed by atoms with E-state index in [1.54, 1.807) is 38.1 Å². The fraction of sp³-hybridized carbons (Fsp3) is 0.435. The fourth-order valence-corrected chi connectivity index (χ4v) is 4.19. The van der Waals surface area contributed by atoms with Crippen LogP contribution >= 0.6 is 11.8 Å². The molecule has 0 aliphatic carbocycles. The smallest absolute Gasteiger partial charge is 0.430 e. The van der Waals surface area contributed by atoms with Crippen LogP contribution in [0.25, 0.3) is 0 Å². The van der Waals surface area contributed by atoms with Crippen LogP contribution in [0.2, 0.25) is 0 Å². The Bertz CT molecular complexity index is 993. The van der Waals surface area contributed by atoms with Crippen LogP contribution in [-0.4, -0.2) is 36.2 Å². The first kappa shape index (κ1) is 27.8. The third-order valence-corrected chi connectivity index (χ3v) is 6.42. The number of alkyl halides is 6. The van der Waals surface area contributed by atoms with Gasteiger partial charge in [-0.05, 0) is 36.2 Å². The van der Waals surface area contributed by atoms with Crippen LogP contribution in [0.5, 0.6) is 5.75 Å². The Kier molecular flexibility index (Phi) is 8.57. The number of aryl methyl sites for hydroxylation is 1. The highest BCUT2D eigenvalue weighted by atomic mass is 32.2. The highest BCUT2D eigenvalue weighted by Crippen LogP contribution is 2.50. The van der Waals surface area contributed by atoms with Crippen molar-refractivity contribution in [1.82, 2.24) is 5.32 Å². The molecule has 0 aliphatic rings. The second-order valence-electron chi connectivity index (χ2n) is 7.99. The molecule has 0 radical (unpaired) electrons. The van der Waals surface area contributed by atoms with Crippen LogP contribution < -0.4 is 10.1 Å². The summed E-state index contributed by atoms with van der Waals surface area (Å²) in [5, 5.41) is 12.6. The number of carbonyl (C=O) groups excluding carboxylic acids is 1. The van der Waals surface area contributed by atoms with Crippen LogP contribution in [0.1, 0.15) is 36.6 Å². The molecule has 0 aromatic heterocycles. The van der Waals surface area contributed by atoms with Crippen LogP contribution in [0.3, 0.4) is 0 Å². The molecule has 2 aromatic rings. The van der Waals surface area contributed by atoms with Gasteiger partial charge < -0.3 is 15.2 Å². The Morgan fingerprint density at radius 3 is 2.21 bits per heavy atom. The Balaban J connectivity index is 2.42. The van der Waals surface area contributed by atoms with Crippen LogP contribution in [0, 0.1) is 12.8 Å². The normalized spacial score (nSPS) is 13.6. The number of methoxy groups -OCH3 is 1. The van der Waals surface area contributed by atoms with Crippen molar-refractivity contribution in [3.8, 4) is 5.75 Å². The number of thioether (sulfide) groups is 1. The topological polar surface area (TPSA) is 58.6 Å². The molecule has 0 spiro atoms. The van der Waals surface area contributed by atoms with Gasteiger partial charge in [-0.1, -0.05) is 38.1 Å². The van der Waals surface area contributed by atoms with Gasteiger partial charge >= 0.3 is 12.4 Å². The van der Waals surface area contributed by atoms with E-state index in [1.165, 1.54) is 14.0 Å². The SMILES string of the molecule is COc1cccc(C(CSc2cc(C(O)(C(F)(F)F)C(F)(F)F)ccc2C)NC(=O)C(C)C)c1. The van der Waals surface area contributed by atoms with Gasteiger partial charge in [-0.2, -0.15) is 26.3 Å². The molecule has 4 nitrogen and oxygen atoms in total. The first-order valence-electron chi connectivity index (χ1n) is 10.2. The summed E-state index contributed by atoms with van der Waals surface area (Å²) in [5.41, 5.74) is -5.28. The van der Waals surface area contributed by atoms with Crippen LogP contribution in [0.4, 0.5) is 26.3 Å². The van der Waals surface area contributed by atoms with Crippen molar-refractivity contribution in [3.63, 3.8) is 0 Å². The van der Waals surface area contributed by atoms with E-state index in [0.29, 0.717) is 29.0 Å². The first-order valence-corrected chi connectivity index (χ1v) is 11.1. The Hall–Kier alpha value is -2.40. The van der Waals surface area contributed by atoms with Gasteiger partial charge in [0.05, 0.1) is 13.2 Å². The number of ether oxygens (including phenoxy) is 1. The Morgan fingerprint density at radius 1 is 1.06 bits per heavy atom. The standard InChI is InChI=1S/C23H25F6NO3S/c1-13(2)20(31)30-18(15-6-5-7-17(10-15)33-4)12-34-19-11-16(9-8-14(19)3)21(32,22(24,25)26)23(27,28)29/h5-11,13,18,32H,12H2,1-4H3,(H,30,31). The van der Waals surface area contributed by atoms with Crippen molar-refractivity contribution in [2.75, 3.05) is 12.9 Å². The number of benzene rings is 2.